The van der Waals surface area contributed by atoms with E-state index in [0.717, 1.165) is 81.0 Å². The van der Waals surface area contributed by atoms with Gasteiger partial charge in [0.1, 0.15) is 10.7 Å². The fourth-order valence-electron chi connectivity index (χ4n) is 6.20. The van der Waals surface area contributed by atoms with E-state index in [0.29, 0.717) is 23.6 Å². The van der Waals surface area contributed by atoms with E-state index in [1.165, 1.54) is 24.1 Å². The first-order chi connectivity index (χ1) is 16.2. The first-order valence-corrected chi connectivity index (χ1v) is 13.8. The van der Waals surface area contributed by atoms with Crippen LogP contribution in [0.1, 0.15) is 29.7 Å². The first kappa shape index (κ1) is 20.2. The van der Waals surface area contributed by atoms with Crippen LogP contribution in [0.15, 0.2) is 23.1 Å². The lowest BCUT2D eigenvalue weighted by molar-refractivity contribution is 0.0903. The Balaban J connectivity index is 1.09. The number of aryl methyl sites for hydroxylation is 3. The number of hydrogen-bond donors (Lipinski definition) is 1. The topological polar surface area (TPSA) is 70.6 Å². The largest absolute Gasteiger partial charge is 0.381 e. The van der Waals surface area contributed by atoms with Crippen molar-refractivity contribution in [1.82, 2.24) is 9.97 Å². The highest BCUT2D eigenvalue weighted by molar-refractivity contribution is 7.85. The molecule has 0 bridgehead atoms. The van der Waals surface area contributed by atoms with Crippen LogP contribution in [0.2, 0.25) is 0 Å². The minimum atomic E-state index is -0.997. The molecule has 174 valence electrons. The van der Waals surface area contributed by atoms with Gasteiger partial charge < -0.3 is 19.9 Å². The Morgan fingerprint density at radius 1 is 0.939 bits per heavy atom. The quantitative estimate of drug-likeness (QED) is 0.744. The van der Waals surface area contributed by atoms with Gasteiger partial charge in [0.25, 0.3) is 0 Å². The van der Waals surface area contributed by atoms with E-state index in [1.807, 2.05) is 0 Å². The van der Waals surface area contributed by atoms with E-state index in [4.69, 9.17) is 14.7 Å². The SMILES string of the molecule is O=S1CCc2nc(N3CC4CN(c5ccc6c(c5)CC6)CC4C3)nc(NC3CCOCC3)c21. The van der Waals surface area contributed by atoms with Crippen LogP contribution in [0.3, 0.4) is 0 Å². The second-order valence-corrected chi connectivity index (χ2v) is 11.8. The number of ether oxygens (including phenoxy) is 1. The molecule has 0 amide bonds. The predicted octanol–water partition coefficient (Wildman–Crippen LogP) is 2.40. The molecule has 2 aromatic rings. The van der Waals surface area contributed by atoms with Crippen LogP contribution in [0.4, 0.5) is 17.5 Å². The summed E-state index contributed by atoms with van der Waals surface area (Å²) in [5.74, 6) is 3.59. The summed E-state index contributed by atoms with van der Waals surface area (Å²) >= 11 is 0. The zero-order valence-corrected chi connectivity index (χ0v) is 19.8. The van der Waals surface area contributed by atoms with E-state index in [-0.39, 0.29) is 0 Å². The zero-order valence-electron chi connectivity index (χ0n) is 19.0. The Kier molecular flexibility index (Phi) is 4.86. The zero-order chi connectivity index (χ0) is 21.9. The molecule has 4 aliphatic heterocycles. The second-order valence-electron chi connectivity index (χ2n) is 10.3. The lowest BCUT2D eigenvalue weighted by Gasteiger charge is -2.27. The molecule has 1 N–H and O–H groups in total. The van der Waals surface area contributed by atoms with Crippen LogP contribution in [0, 0.1) is 11.8 Å². The first-order valence-electron chi connectivity index (χ1n) is 12.5. The molecule has 0 radical (unpaired) electrons. The van der Waals surface area contributed by atoms with Crippen LogP contribution in [0.5, 0.6) is 0 Å². The molecule has 3 unspecified atom stereocenters. The fourth-order valence-corrected chi connectivity index (χ4v) is 7.52. The molecule has 1 aromatic heterocycles. The molecule has 1 aliphatic carbocycles. The van der Waals surface area contributed by atoms with E-state index in [2.05, 4.69) is 33.3 Å². The van der Waals surface area contributed by atoms with Crippen molar-refractivity contribution in [2.24, 2.45) is 11.8 Å². The Labute approximate surface area is 197 Å². The van der Waals surface area contributed by atoms with Crippen molar-refractivity contribution >= 4 is 28.3 Å². The van der Waals surface area contributed by atoms with Gasteiger partial charge in [-0.3, -0.25) is 4.21 Å². The number of nitrogens with zero attached hydrogens (tertiary/aromatic N) is 4. The van der Waals surface area contributed by atoms with Gasteiger partial charge in [-0.2, -0.15) is 4.98 Å². The maximum atomic E-state index is 12.7. The normalized spacial score (nSPS) is 28.4. The predicted molar refractivity (Wildman–Crippen MR) is 130 cm³/mol. The summed E-state index contributed by atoms with van der Waals surface area (Å²) in [4.78, 5) is 15.7. The number of benzene rings is 1. The van der Waals surface area contributed by atoms with Crippen molar-refractivity contribution in [2.75, 3.05) is 60.3 Å². The number of anilines is 3. The number of rotatable bonds is 4. The minimum absolute atomic E-state index is 0.331. The number of nitrogens with one attached hydrogen (secondary N) is 1. The molecular formula is C25H31N5O2S. The van der Waals surface area contributed by atoms with Gasteiger partial charge >= 0.3 is 0 Å². The number of aromatic nitrogens is 2. The van der Waals surface area contributed by atoms with Crippen molar-refractivity contribution in [2.45, 2.75) is 43.0 Å². The van der Waals surface area contributed by atoms with Gasteiger partial charge in [0, 0.05) is 75.1 Å². The summed E-state index contributed by atoms with van der Waals surface area (Å²) < 4.78 is 18.2. The Morgan fingerprint density at radius 3 is 2.42 bits per heavy atom. The minimum Gasteiger partial charge on any atom is -0.381 e. The molecule has 7 rings (SSSR count). The summed E-state index contributed by atoms with van der Waals surface area (Å²) in [7, 11) is -0.997. The van der Waals surface area contributed by atoms with Gasteiger partial charge in [-0.15, -0.1) is 0 Å². The third-order valence-electron chi connectivity index (χ3n) is 8.23. The fraction of sp³-hybridized carbons (Fsp3) is 0.600. The van der Waals surface area contributed by atoms with Gasteiger partial charge in [0.2, 0.25) is 5.95 Å². The average Bonchev–Trinajstić information content (AvgIpc) is 3.49. The maximum absolute atomic E-state index is 12.7. The molecule has 7 nitrogen and oxygen atoms in total. The molecular weight excluding hydrogens is 434 g/mol. The maximum Gasteiger partial charge on any atom is 0.227 e. The highest BCUT2D eigenvalue weighted by Gasteiger charge is 2.42. The Morgan fingerprint density at radius 2 is 1.70 bits per heavy atom. The standard InChI is InChI=1S/C25H31N5O2S/c31-33-10-7-22-23(33)24(26-20-5-8-32-9-6-20)28-25(27-22)30-14-18-12-29(13-19(18)15-30)21-4-3-16-1-2-17(16)11-21/h3-4,11,18-20H,1-2,5-10,12-15H2,(H,26,27,28). The molecule has 5 aliphatic rings. The van der Waals surface area contributed by atoms with E-state index < -0.39 is 10.8 Å². The third kappa shape index (κ3) is 3.53. The molecule has 3 fully saturated rings. The summed E-state index contributed by atoms with van der Waals surface area (Å²) in [6, 6.07) is 7.38. The van der Waals surface area contributed by atoms with Crippen molar-refractivity contribution in [3.8, 4) is 0 Å². The summed E-state index contributed by atoms with van der Waals surface area (Å²) in [6.07, 6.45) is 5.20. The van der Waals surface area contributed by atoms with E-state index >= 15 is 0 Å². The van der Waals surface area contributed by atoms with Crippen LogP contribution >= 0.6 is 0 Å². The van der Waals surface area contributed by atoms with Gasteiger partial charge in [0.05, 0.1) is 16.5 Å². The van der Waals surface area contributed by atoms with Gasteiger partial charge in [-0.1, -0.05) is 6.07 Å². The number of hydrogen-bond acceptors (Lipinski definition) is 7. The monoisotopic (exact) mass is 465 g/mol. The Hall–Kier alpha value is -2.19. The van der Waals surface area contributed by atoms with Gasteiger partial charge in [-0.05, 0) is 48.9 Å². The smallest absolute Gasteiger partial charge is 0.227 e. The van der Waals surface area contributed by atoms with Gasteiger partial charge in [-0.25, -0.2) is 4.98 Å². The van der Waals surface area contributed by atoms with Crippen molar-refractivity contribution in [1.29, 1.82) is 0 Å². The lowest BCUT2D eigenvalue weighted by Crippen LogP contribution is -2.31. The molecule has 3 atom stereocenters. The average molecular weight is 466 g/mol. The molecule has 8 heteroatoms. The van der Waals surface area contributed by atoms with Gasteiger partial charge in [0.15, 0.2) is 0 Å². The summed E-state index contributed by atoms with van der Waals surface area (Å²) in [5, 5.41) is 3.61. The molecule has 3 saturated heterocycles. The van der Waals surface area contributed by atoms with Crippen LogP contribution in [0.25, 0.3) is 0 Å². The van der Waals surface area contributed by atoms with Crippen molar-refractivity contribution in [3.63, 3.8) is 0 Å². The lowest BCUT2D eigenvalue weighted by atomic mass is 9.88. The molecule has 0 saturated carbocycles. The Bertz CT molecular complexity index is 1100. The third-order valence-corrected chi connectivity index (χ3v) is 9.69. The number of fused-ring (bicyclic) bond motifs is 3. The highest BCUT2D eigenvalue weighted by Crippen LogP contribution is 2.38. The van der Waals surface area contributed by atoms with Crippen LogP contribution < -0.4 is 15.1 Å². The van der Waals surface area contributed by atoms with Crippen LogP contribution in [-0.2, 0) is 34.8 Å². The van der Waals surface area contributed by atoms with E-state index in [1.54, 1.807) is 5.56 Å². The molecule has 5 heterocycles. The second kappa shape index (κ2) is 7.94. The highest BCUT2D eigenvalue weighted by atomic mass is 32.2. The molecule has 33 heavy (non-hydrogen) atoms. The van der Waals surface area contributed by atoms with Crippen LogP contribution in [-0.4, -0.2) is 65.4 Å². The molecule has 0 spiro atoms. The van der Waals surface area contributed by atoms with E-state index in [9.17, 15) is 4.21 Å². The summed E-state index contributed by atoms with van der Waals surface area (Å²) in [5.41, 5.74) is 5.45. The van der Waals surface area contributed by atoms with Crippen molar-refractivity contribution < 1.29 is 8.95 Å². The molecule has 1 aromatic carbocycles. The summed E-state index contributed by atoms with van der Waals surface area (Å²) in [6.45, 7) is 5.79. The van der Waals surface area contributed by atoms with Crippen molar-refractivity contribution in [3.05, 3.63) is 35.0 Å².